The van der Waals surface area contributed by atoms with Gasteiger partial charge in [-0.3, -0.25) is 9.97 Å². The predicted octanol–water partition coefficient (Wildman–Crippen LogP) is 10.5. The van der Waals surface area contributed by atoms with Gasteiger partial charge in [0.15, 0.2) is 0 Å². The molecular formula is C41H27N3. The molecule has 3 heteroatoms. The first-order valence-electron chi connectivity index (χ1n) is 14.8. The molecular weight excluding hydrogens is 534 g/mol. The zero-order chi connectivity index (χ0) is 29.3. The van der Waals surface area contributed by atoms with Gasteiger partial charge in [0, 0.05) is 35.9 Å². The Morgan fingerprint density at radius 1 is 0.318 bits per heavy atom. The van der Waals surface area contributed by atoms with E-state index in [1.165, 1.54) is 43.8 Å². The highest BCUT2D eigenvalue weighted by Gasteiger charge is 2.18. The summed E-state index contributed by atoms with van der Waals surface area (Å²) >= 11 is 0. The van der Waals surface area contributed by atoms with E-state index in [4.69, 9.17) is 4.98 Å². The number of benzene rings is 5. The van der Waals surface area contributed by atoms with E-state index in [2.05, 4.69) is 137 Å². The van der Waals surface area contributed by atoms with E-state index in [-0.39, 0.29) is 0 Å². The SMILES string of the molecule is c1ccc(-c2c3ccccc3c(-c3ccccc3)c3cc(-c4cc(-c5cccnc5)nc(-c5cccnc5)c4)ccc23)cc1. The van der Waals surface area contributed by atoms with Crippen LogP contribution in [0.25, 0.3) is 77.4 Å². The molecule has 0 bridgehead atoms. The highest BCUT2D eigenvalue weighted by Crippen LogP contribution is 2.45. The fourth-order valence-corrected chi connectivity index (χ4v) is 6.21. The van der Waals surface area contributed by atoms with Gasteiger partial charge in [0.05, 0.1) is 11.4 Å². The normalized spacial score (nSPS) is 11.2. The summed E-state index contributed by atoms with van der Waals surface area (Å²) < 4.78 is 0. The van der Waals surface area contributed by atoms with Crippen LogP contribution in [-0.2, 0) is 0 Å². The van der Waals surface area contributed by atoms with Crippen molar-refractivity contribution in [3.8, 4) is 55.9 Å². The van der Waals surface area contributed by atoms with Crippen LogP contribution in [-0.4, -0.2) is 15.0 Å². The smallest absolute Gasteiger partial charge is 0.0731 e. The lowest BCUT2D eigenvalue weighted by Crippen LogP contribution is -1.93. The van der Waals surface area contributed by atoms with E-state index in [1.54, 1.807) is 12.4 Å². The largest absolute Gasteiger partial charge is 0.264 e. The second kappa shape index (κ2) is 11.0. The van der Waals surface area contributed by atoms with E-state index in [0.717, 1.165) is 33.6 Å². The van der Waals surface area contributed by atoms with Gasteiger partial charge in [0.25, 0.3) is 0 Å². The highest BCUT2D eigenvalue weighted by atomic mass is 14.7. The first kappa shape index (κ1) is 25.8. The molecule has 206 valence electrons. The van der Waals surface area contributed by atoms with Gasteiger partial charge in [-0.15, -0.1) is 0 Å². The van der Waals surface area contributed by atoms with Crippen LogP contribution in [0, 0.1) is 0 Å². The molecule has 5 aromatic carbocycles. The molecule has 0 atom stereocenters. The van der Waals surface area contributed by atoms with Crippen molar-refractivity contribution in [1.29, 1.82) is 0 Å². The molecule has 0 aliphatic rings. The van der Waals surface area contributed by atoms with Crippen LogP contribution in [0.15, 0.2) is 164 Å². The third kappa shape index (κ3) is 4.61. The second-order valence-corrected chi connectivity index (χ2v) is 10.9. The first-order chi connectivity index (χ1) is 21.8. The first-order valence-corrected chi connectivity index (χ1v) is 14.8. The standard InChI is InChI=1S/C41H27N3/c1-3-11-28(12-4-1)40-34-17-7-8-18-35(34)41(29-13-5-2-6-14-29)37-23-30(19-20-36(37)40)33-24-38(31-15-9-21-42-26-31)44-39(25-33)32-16-10-22-43-27-32/h1-27H. The second-order valence-electron chi connectivity index (χ2n) is 10.9. The fourth-order valence-electron chi connectivity index (χ4n) is 6.21. The monoisotopic (exact) mass is 561 g/mol. The summed E-state index contributed by atoms with van der Waals surface area (Å²) in [6.07, 6.45) is 7.31. The lowest BCUT2D eigenvalue weighted by atomic mass is 9.85. The number of pyridine rings is 3. The number of fused-ring (bicyclic) bond motifs is 2. The van der Waals surface area contributed by atoms with Gasteiger partial charge in [-0.1, -0.05) is 97.1 Å². The molecule has 3 aromatic heterocycles. The number of nitrogens with zero attached hydrogens (tertiary/aromatic N) is 3. The van der Waals surface area contributed by atoms with Gasteiger partial charge in [-0.2, -0.15) is 0 Å². The Morgan fingerprint density at radius 2 is 0.795 bits per heavy atom. The average molecular weight is 562 g/mol. The van der Waals surface area contributed by atoms with Gasteiger partial charge < -0.3 is 0 Å². The van der Waals surface area contributed by atoms with Crippen LogP contribution in [0.5, 0.6) is 0 Å². The van der Waals surface area contributed by atoms with Crippen molar-refractivity contribution >= 4 is 21.5 Å². The molecule has 0 fully saturated rings. The van der Waals surface area contributed by atoms with Crippen LogP contribution in [0.2, 0.25) is 0 Å². The third-order valence-electron chi connectivity index (χ3n) is 8.22. The molecule has 0 aliphatic heterocycles. The highest BCUT2D eigenvalue weighted by molar-refractivity contribution is 6.22. The lowest BCUT2D eigenvalue weighted by molar-refractivity contribution is 1.26. The molecule has 8 rings (SSSR count). The van der Waals surface area contributed by atoms with E-state index in [0.29, 0.717) is 0 Å². The Kier molecular flexibility index (Phi) is 6.47. The summed E-state index contributed by atoms with van der Waals surface area (Å²) in [5.41, 5.74) is 10.8. The lowest BCUT2D eigenvalue weighted by Gasteiger charge is -2.19. The molecule has 0 N–H and O–H groups in total. The molecule has 0 saturated heterocycles. The summed E-state index contributed by atoms with van der Waals surface area (Å²) in [6.45, 7) is 0. The van der Waals surface area contributed by atoms with E-state index >= 15 is 0 Å². The molecule has 44 heavy (non-hydrogen) atoms. The summed E-state index contributed by atoms with van der Waals surface area (Å²) in [4.78, 5) is 13.8. The van der Waals surface area contributed by atoms with Crippen molar-refractivity contribution in [1.82, 2.24) is 15.0 Å². The summed E-state index contributed by atoms with van der Waals surface area (Å²) in [7, 11) is 0. The maximum Gasteiger partial charge on any atom is 0.0731 e. The van der Waals surface area contributed by atoms with E-state index in [1.807, 2.05) is 24.5 Å². The Balaban J connectivity index is 1.44. The topological polar surface area (TPSA) is 38.7 Å². The van der Waals surface area contributed by atoms with Crippen molar-refractivity contribution in [3.63, 3.8) is 0 Å². The molecule has 3 nitrogen and oxygen atoms in total. The number of hydrogen-bond acceptors (Lipinski definition) is 3. The van der Waals surface area contributed by atoms with Gasteiger partial charge in [-0.25, -0.2) is 4.98 Å². The number of rotatable bonds is 5. The molecule has 0 spiro atoms. The average Bonchev–Trinajstić information content (AvgIpc) is 3.11. The Hall–Kier alpha value is -5.93. The van der Waals surface area contributed by atoms with Crippen LogP contribution in [0.1, 0.15) is 0 Å². The molecule has 0 unspecified atom stereocenters. The van der Waals surface area contributed by atoms with E-state index < -0.39 is 0 Å². The summed E-state index contributed by atoms with van der Waals surface area (Å²) in [6, 6.07) is 49.5. The van der Waals surface area contributed by atoms with Crippen molar-refractivity contribution < 1.29 is 0 Å². The minimum absolute atomic E-state index is 0.876. The van der Waals surface area contributed by atoms with Crippen molar-refractivity contribution in [2.24, 2.45) is 0 Å². The minimum Gasteiger partial charge on any atom is -0.264 e. The Morgan fingerprint density at radius 3 is 1.32 bits per heavy atom. The van der Waals surface area contributed by atoms with Crippen molar-refractivity contribution in [2.75, 3.05) is 0 Å². The van der Waals surface area contributed by atoms with Gasteiger partial charge in [0.1, 0.15) is 0 Å². The van der Waals surface area contributed by atoms with E-state index in [9.17, 15) is 0 Å². The van der Waals surface area contributed by atoms with Crippen molar-refractivity contribution in [3.05, 3.63) is 164 Å². The maximum absolute atomic E-state index is 5.04. The fraction of sp³-hybridized carbons (Fsp3) is 0. The Labute approximate surface area is 256 Å². The van der Waals surface area contributed by atoms with Crippen molar-refractivity contribution in [2.45, 2.75) is 0 Å². The van der Waals surface area contributed by atoms with Gasteiger partial charge in [-0.05, 0) is 97.4 Å². The number of aromatic nitrogens is 3. The molecule has 0 radical (unpaired) electrons. The molecule has 8 aromatic rings. The van der Waals surface area contributed by atoms with Crippen LogP contribution in [0.3, 0.4) is 0 Å². The molecule has 0 aliphatic carbocycles. The minimum atomic E-state index is 0.876. The van der Waals surface area contributed by atoms with Crippen LogP contribution in [0.4, 0.5) is 0 Å². The van der Waals surface area contributed by atoms with Gasteiger partial charge >= 0.3 is 0 Å². The molecule has 0 amide bonds. The summed E-state index contributed by atoms with van der Waals surface area (Å²) in [5, 5.41) is 4.93. The zero-order valence-corrected chi connectivity index (χ0v) is 23.9. The van der Waals surface area contributed by atoms with Crippen LogP contribution >= 0.6 is 0 Å². The summed E-state index contributed by atoms with van der Waals surface area (Å²) in [5.74, 6) is 0. The van der Waals surface area contributed by atoms with Crippen LogP contribution < -0.4 is 0 Å². The quantitative estimate of drug-likeness (QED) is 0.196. The number of hydrogen-bond donors (Lipinski definition) is 0. The molecule has 0 saturated carbocycles. The molecule has 3 heterocycles. The Bertz CT molecular complexity index is 2190. The maximum atomic E-state index is 5.04. The van der Waals surface area contributed by atoms with Gasteiger partial charge in [0.2, 0.25) is 0 Å². The third-order valence-corrected chi connectivity index (χ3v) is 8.22. The predicted molar refractivity (Wildman–Crippen MR) is 182 cm³/mol. The zero-order valence-electron chi connectivity index (χ0n) is 23.9.